The zero-order chi connectivity index (χ0) is 9.19. The second kappa shape index (κ2) is 3.44. The first-order valence-corrected chi connectivity index (χ1v) is 4.72. The summed E-state index contributed by atoms with van der Waals surface area (Å²) in [5.41, 5.74) is 0. The lowest BCUT2D eigenvalue weighted by molar-refractivity contribution is -0.898. The summed E-state index contributed by atoms with van der Waals surface area (Å²) in [6, 6.07) is 0.722. The summed E-state index contributed by atoms with van der Waals surface area (Å²) < 4.78 is 1.05. The van der Waals surface area contributed by atoms with Gasteiger partial charge >= 0.3 is 0 Å². The molecule has 1 nitrogen and oxygen atoms in total. The van der Waals surface area contributed by atoms with Gasteiger partial charge in [0.15, 0.2) is 0 Å². The quantitative estimate of drug-likeness (QED) is 0.564. The summed E-state index contributed by atoms with van der Waals surface area (Å²) in [4.78, 5) is 0. The Hall–Kier alpha value is -0.560. The zero-order valence-electron chi connectivity index (χ0n) is 8.62. The van der Waals surface area contributed by atoms with Gasteiger partial charge in [-0.2, -0.15) is 0 Å². The van der Waals surface area contributed by atoms with Crippen LogP contribution in [-0.2, 0) is 0 Å². The van der Waals surface area contributed by atoms with Crippen LogP contribution in [0.3, 0.4) is 0 Å². The highest BCUT2D eigenvalue weighted by Gasteiger charge is 2.28. The molecule has 1 aliphatic rings. The van der Waals surface area contributed by atoms with Crippen LogP contribution < -0.4 is 0 Å². The van der Waals surface area contributed by atoms with Gasteiger partial charge in [0.05, 0.1) is 27.2 Å². The van der Waals surface area contributed by atoms with Crippen molar-refractivity contribution in [3.8, 4) is 0 Å². The number of quaternary nitrogens is 1. The topological polar surface area (TPSA) is 0 Å². The molecule has 12 heavy (non-hydrogen) atoms. The SMILES string of the molecule is CCC(C1C=CC=C1)[N+](C)(C)C. The molecule has 0 radical (unpaired) electrons. The molecular weight excluding hydrogens is 146 g/mol. The van der Waals surface area contributed by atoms with E-state index in [0.717, 1.165) is 10.5 Å². The summed E-state index contributed by atoms with van der Waals surface area (Å²) in [7, 11) is 6.82. The smallest absolute Gasteiger partial charge is 0.0980 e. The number of nitrogens with zero attached hydrogens (tertiary/aromatic N) is 1. The van der Waals surface area contributed by atoms with E-state index in [2.05, 4.69) is 52.4 Å². The molecule has 1 heteroatoms. The average Bonchev–Trinajstić information content (AvgIpc) is 2.38. The van der Waals surface area contributed by atoms with Gasteiger partial charge in [0.2, 0.25) is 0 Å². The van der Waals surface area contributed by atoms with E-state index in [-0.39, 0.29) is 0 Å². The van der Waals surface area contributed by atoms with Crippen LogP contribution >= 0.6 is 0 Å². The molecule has 0 amide bonds. The van der Waals surface area contributed by atoms with E-state index in [1.54, 1.807) is 0 Å². The minimum Gasteiger partial charge on any atom is -0.328 e. The molecule has 0 heterocycles. The Morgan fingerprint density at radius 2 is 1.67 bits per heavy atom. The molecule has 0 spiro atoms. The summed E-state index contributed by atoms with van der Waals surface area (Å²) in [5, 5.41) is 0. The molecule has 0 aromatic rings. The van der Waals surface area contributed by atoms with E-state index in [1.807, 2.05) is 0 Å². The minimum absolute atomic E-state index is 0.648. The molecule has 1 unspecified atom stereocenters. The Labute approximate surface area is 76.0 Å². The molecule has 0 bridgehead atoms. The van der Waals surface area contributed by atoms with E-state index >= 15 is 0 Å². The van der Waals surface area contributed by atoms with Crippen LogP contribution in [0.4, 0.5) is 0 Å². The molecule has 0 saturated carbocycles. The van der Waals surface area contributed by atoms with Crippen LogP contribution in [-0.4, -0.2) is 31.7 Å². The number of rotatable bonds is 3. The van der Waals surface area contributed by atoms with Crippen molar-refractivity contribution in [3.63, 3.8) is 0 Å². The monoisotopic (exact) mass is 166 g/mol. The van der Waals surface area contributed by atoms with Crippen LogP contribution in [0.1, 0.15) is 13.3 Å². The average molecular weight is 166 g/mol. The summed E-state index contributed by atoms with van der Waals surface area (Å²) in [6.07, 6.45) is 10.2. The molecule has 68 valence electrons. The number of hydrogen-bond donors (Lipinski definition) is 0. The van der Waals surface area contributed by atoms with E-state index in [4.69, 9.17) is 0 Å². The fraction of sp³-hybridized carbons (Fsp3) is 0.636. The van der Waals surface area contributed by atoms with E-state index in [0.29, 0.717) is 5.92 Å². The Morgan fingerprint density at radius 1 is 1.17 bits per heavy atom. The lowest BCUT2D eigenvalue weighted by Crippen LogP contribution is -2.47. The van der Waals surface area contributed by atoms with Gasteiger partial charge in [0.1, 0.15) is 0 Å². The van der Waals surface area contributed by atoms with Gasteiger partial charge in [-0.25, -0.2) is 0 Å². The predicted octanol–water partition coefficient (Wildman–Crippen LogP) is 2.21. The molecule has 1 atom stereocenters. The molecule has 1 rings (SSSR count). The molecule has 0 N–H and O–H groups in total. The van der Waals surface area contributed by atoms with Crippen LogP contribution in [0, 0.1) is 5.92 Å². The van der Waals surface area contributed by atoms with Gasteiger partial charge in [-0.15, -0.1) is 0 Å². The van der Waals surface area contributed by atoms with Crippen molar-refractivity contribution < 1.29 is 4.48 Å². The van der Waals surface area contributed by atoms with Gasteiger partial charge in [0.25, 0.3) is 0 Å². The highest BCUT2D eigenvalue weighted by atomic mass is 15.3. The fourth-order valence-corrected chi connectivity index (χ4v) is 2.04. The standard InChI is InChI=1S/C11H20N/c1-5-11(12(2,3)4)10-8-6-7-9-10/h6-11H,5H2,1-4H3/q+1. The largest absolute Gasteiger partial charge is 0.328 e. The van der Waals surface area contributed by atoms with E-state index in [1.165, 1.54) is 6.42 Å². The van der Waals surface area contributed by atoms with Crippen LogP contribution in [0.5, 0.6) is 0 Å². The van der Waals surface area contributed by atoms with Crippen molar-refractivity contribution in [2.75, 3.05) is 21.1 Å². The second-order valence-corrected chi connectivity index (χ2v) is 4.44. The van der Waals surface area contributed by atoms with Crippen molar-refractivity contribution in [3.05, 3.63) is 24.3 Å². The number of allylic oxidation sites excluding steroid dienone is 2. The summed E-state index contributed by atoms with van der Waals surface area (Å²) >= 11 is 0. The highest BCUT2D eigenvalue weighted by molar-refractivity contribution is 5.18. The van der Waals surface area contributed by atoms with Gasteiger partial charge in [-0.05, 0) is 6.42 Å². The third-order valence-electron chi connectivity index (χ3n) is 2.64. The van der Waals surface area contributed by atoms with Crippen molar-refractivity contribution in [1.82, 2.24) is 0 Å². The highest BCUT2D eigenvalue weighted by Crippen LogP contribution is 2.23. The normalized spacial score (nSPS) is 20.3. The molecule has 0 aliphatic heterocycles. The van der Waals surface area contributed by atoms with E-state index in [9.17, 15) is 0 Å². The third kappa shape index (κ3) is 1.98. The Balaban J connectivity index is 2.68. The third-order valence-corrected chi connectivity index (χ3v) is 2.64. The Bertz CT molecular complexity index is 184. The molecule has 0 saturated heterocycles. The van der Waals surface area contributed by atoms with Crippen LogP contribution in [0.2, 0.25) is 0 Å². The predicted molar refractivity (Wildman–Crippen MR) is 53.9 cm³/mol. The first-order valence-electron chi connectivity index (χ1n) is 4.72. The molecule has 0 aromatic carbocycles. The zero-order valence-corrected chi connectivity index (χ0v) is 8.62. The molecule has 1 aliphatic carbocycles. The van der Waals surface area contributed by atoms with Gasteiger partial charge in [0, 0.05) is 5.92 Å². The van der Waals surface area contributed by atoms with Crippen molar-refractivity contribution >= 4 is 0 Å². The first-order chi connectivity index (χ1) is 5.55. The summed E-state index contributed by atoms with van der Waals surface area (Å²) in [6.45, 7) is 2.27. The maximum atomic E-state index is 2.30. The van der Waals surface area contributed by atoms with Crippen LogP contribution in [0.25, 0.3) is 0 Å². The molecule has 0 fully saturated rings. The maximum Gasteiger partial charge on any atom is 0.0980 e. The van der Waals surface area contributed by atoms with Crippen molar-refractivity contribution in [2.24, 2.45) is 5.92 Å². The van der Waals surface area contributed by atoms with Gasteiger partial charge in [-0.1, -0.05) is 31.2 Å². The van der Waals surface area contributed by atoms with Crippen molar-refractivity contribution in [2.45, 2.75) is 19.4 Å². The first kappa shape index (κ1) is 9.53. The second-order valence-electron chi connectivity index (χ2n) is 4.44. The van der Waals surface area contributed by atoms with Gasteiger partial charge < -0.3 is 4.48 Å². The lowest BCUT2D eigenvalue weighted by atomic mass is 9.97. The fourth-order valence-electron chi connectivity index (χ4n) is 2.04. The van der Waals surface area contributed by atoms with Crippen LogP contribution in [0.15, 0.2) is 24.3 Å². The minimum atomic E-state index is 0.648. The Kier molecular flexibility index (Phi) is 2.73. The Morgan fingerprint density at radius 3 is 2.00 bits per heavy atom. The van der Waals surface area contributed by atoms with Crippen molar-refractivity contribution in [1.29, 1.82) is 0 Å². The lowest BCUT2D eigenvalue weighted by Gasteiger charge is -2.36. The maximum absolute atomic E-state index is 2.30. The number of hydrogen-bond acceptors (Lipinski definition) is 0. The molecular formula is C11H20N+. The molecule has 0 aromatic heterocycles. The van der Waals surface area contributed by atoms with E-state index < -0.39 is 0 Å². The summed E-state index contributed by atoms with van der Waals surface area (Å²) in [5.74, 6) is 0.648. The van der Waals surface area contributed by atoms with Gasteiger partial charge in [-0.3, -0.25) is 0 Å².